The summed E-state index contributed by atoms with van der Waals surface area (Å²) < 4.78 is 37.3. The van der Waals surface area contributed by atoms with Crippen molar-refractivity contribution in [3.05, 3.63) is 78.4 Å². The van der Waals surface area contributed by atoms with Gasteiger partial charge in [0, 0.05) is 12.1 Å². The normalized spacial score (nSPS) is 10.5. The Morgan fingerprint density at radius 2 is 1.17 bits per heavy atom. The molecule has 2 aromatic carbocycles. The zero-order chi connectivity index (χ0) is 22.4. The van der Waals surface area contributed by atoms with Crippen molar-refractivity contribution in [2.75, 3.05) is 0 Å². The van der Waals surface area contributed by atoms with Gasteiger partial charge in [-0.2, -0.15) is 8.78 Å². The van der Waals surface area contributed by atoms with Gasteiger partial charge in [-0.3, -0.25) is 20.2 Å². The van der Waals surface area contributed by atoms with Crippen LogP contribution < -0.4 is 0 Å². The van der Waals surface area contributed by atoms with E-state index in [9.17, 15) is 33.8 Å². The fraction of sp³-hybridized carbons (Fsp3) is 0.316. The first kappa shape index (κ1) is 22.7. The van der Waals surface area contributed by atoms with Crippen molar-refractivity contribution in [2.45, 2.75) is 39.9 Å². The number of carbonyl (C=O) groups excluding carboxylic acids is 1. The van der Waals surface area contributed by atoms with E-state index in [0.717, 1.165) is 24.3 Å². The molecule has 9 nitrogen and oxygen atoms in total. The Hall–Kier alpha value is -3.63. The molecule has 30 heavy (non-hydrogen) atoms. The third-order valence-corrected chi connectivity index (χ3v) is 4.38. The minimum absolute atomic E-state index is 0.245. The van der Waals surface area contributed by atoms with E-state index in [-0.39, 0.29) is 11.1 Å². The van der Waals surface area contributed by atoms with Gasteiger partial charge in [-0.05, 0) is 47.2 Å². The van der Waals surface area contributed by atoms with Crippen LogP contribution in [0.15, 0.2) is 24.3 Å². The van der Waals surface area contributed by atoms with Crippen molar-refractivity contribution >= 4 is 17.5 Å². The lowest BCUT2D eigenvalue weighted by Gasteiger charge is -2.11. The minimum atomic E-state index is -1.14. The molecule has 0 aromatic heterocycles. The third-order valence-electron chi connectivity index (χ3n) is 4.38. The summed E-state index contributed by atoms with van der Waals surface area (Å²) in [5.41, 5.74) is -0.152. The summed E-state index contributed by atoms with van der Waals surface area (Å²) in [7, 11) is 0. The summed E-state index contributed by atoms with van der Waals surface area (Å²) in [6, 6.07) is 3.99. The summed E-state index contributed by atoms with van der Waals surface area (Å²) >= 11 is 0. The van der Waals surface area contributed by atoms with Crippen LogP contribution in [0.3, 0.4) is 0 Å². The molecule has 0 unspecified atom stereocenters. The molecule has 0 saturated heterocycles. The van der Waals surface area contributed by atoms with E-state index in [1.807, 2.05) is 0 Å². The number of nitro benzene ring substituents is 2. The number of nitrogens with zero attached hydrogens (tertiary/aromatic N) is 2. The summed E-state index contributed by atoms with van der Waals surface area (Å²) in [4.78, 5) is 31.9. The van der Waals surface area contributed by atoms with Crippen LogP contribution in [0.2, 0.25) is 0 Å². The van der Waals surface area contributed by atoms with Crippen LogP contribution in [0.1, 0.15) is 36.1 Å². The first-order chi connectivity index (χ1) is 14.2. The summed E-state index contributed by atoms with van der Waals surface area (Å²) in [6.07, 6.45) is -0.443. The highest BCUT2D eigenvalue weighted by molar-refractivity contribution is 5.60. The highest BCUT2D eigenvalue weighted by atomic mass is 19.1. The molecule has 0 aliphatic rings. The monoisotopic (exact) mass is 424 g/mol. The molecule has 2 rings (SSSR count). The lowest BCUT2D eigenvalue weighted by Crippen LogP contribution is -2.10. The van der Waals surface area contributed by atoms with Gasteiger partial charge >= 0.3 is 17.5 Å². The highest BCUT2D eigenvalue weighted by Gasteiger charge is 2.20. The molecule has 160 valence electrons. The van der Waals surface area contributed by atoms with E-state index in [0.29, 0.717) is 24.0 Å². The molecule has 0 spiro atoms. The van der Waals surface area contributed by atoms with Gasteiger partial charge in [-0.25, -0.2) is 4.79 Å². The Balaban J connectivity index is 2.09. The van der Waals surface area contributed by atoms with E-state index < -0.39 is 52.2 Å². The molecular formula is C19H18F2N2O7. The fourth-order valence-corrected chi connectivity index (χ4v) is 2.81. The van der Waals surface area contributed by atoms with Gasteiger partial charge in [0.25, 0.3) is 0 Å². The Morgan fingerprint density at radius 1 is 0.800 bits per heavy atom. The Labute approximate surface area is 169 Å². The first-order valence-electron chi connectivity index (χ1n) is 8.88. The molecule has 0 radical (unpaired) electrons. The molecule has 0 heterocycles. The van der Waals surface area contributed by atoms with Crippen molar-refractivity contribution in [3.63, 3.8) is 0 Å². The maximum Gasteiger partial charge on any atom is 0.508 e. The standard InChI is InChI=1S/C19H18F2N2O7/c1-3-11-5-15(20)17(22(25)26)7-13(11)9-29-19(24)30-10-14-8-18(23(27)28)16(21)6-12(14)4-2/h5-8H,3-4,9-10H2,1-2H3. The van der Waals surface area contributed by atoms with Gasteiger partial charge in [0.15, 0.2) is 0 Å². The molecule has 0 atom stereocenters. The predicted molar refractivity (Wildman–Crippen MR) is 99.8 cm³/mol. The van der Waals surface area contributed by atoms with Crippen LogP contribution in [0.4, 0.5) is 25.0 Å². The molecule has 0 aliphatic heterocycles. The van der Waals surface area contributed by atoms with Crippen molar-refractivity contribution in [2.24, 2.45) is 0 Å². The van der Waals surface area contributed by atoms with Crippen LogP contribution in [-0.2, 0) is 35.5 Å². The second-order valence-electron chi connectivity index (χ2n) is 6.19. The lowest BCUT2D eigenvalue weighted by molar-refractivity contribution is -0.387. The molecule has 2 aromatic rings. The van der Waals surface area contributed by atoms with Crippen molar-refractivity contribution < 1.29 is 32.9 Å². The Morgan fingerprint density at radius 3 is 1.47 bits per heavy atom. The number of ether oxygens (including phenoxy) is 2. The third kappa shape index (κ3) is 5.25. The topological polar surface area (TPSA) is 122 Å². The summed E-state index contributed by atoms with van der Waals surface area (Å²) in [6.45, 7) is 2.62. The van der Waals surface area contributed by atoms with E-state index in [2.05, 4.69) is 0 Å². The van der Waals surface area contributed by atoms with Crippen LogP contribution in [0.25, 0.3) is 0 Å². The number of carbonyl (C=O) groups is 1. The molecule has 0 aliphatic carbocycles. The zero-order valence-electron chi connectivity index (χ0n) is 16.1. The van der Waals surface area contributed by atoms with Gasteiger partial charge in [-0.15, -0.1) is 0 Å². The maximum atomic E-state index is 13.7. The molecular weight excluding hydrogens is 406 g/mol. The number of halogens is 2. The molecule has 0 amide bonds. The smallest absolute Gasteiger partial charge is 0.429 e. The minimum Gasteiger partial charge on any atom is -0.429 e. The maximum absolute atomic E-state index is 13.7. The number of nitro groups is 2. The Bertz CT molecular complexity index is 918. The first-order valence-corrected chi connectivity index (χ1v) is 8.88. The number of aryl methyl sites for hydroxylation is 2. The highest BCUT2D eigenvalue weighted by Crippen LogP contribution is 2.25. The summed E-state index contributed by atoms with van der Waals surface area (Å²) in [5.74, 6) is -1.98. The average Bonchev–Trinajstić information content (AvgIpc) is 2.70. The number of benzene rings is 2. The van der Waals surface area contributed by atoms with E-state index in [4.69, 9.17) is 9.47 Å². The molecule has 0 bridgehead atoms. The zero-order valence-corrected chi connectivity index (χ0v) is 16.1. The molecule has 0 N–H and O–H groups in total. The molecule has 0 saturated carbocycles. The summed E-state index contributed by atoms with van der Waals surface area (Å²) in [5, 5.41) is 21.8. The van der Waals surface area contributed by atoms with Gasteiger partial charge in [0.05, 0.1) is 9.85 Å². The van der Waals surface area contributed by atoms with Crippen molar-refractivity contribution in [1.29, 1.82) is 0 Å². The van der Waals surface area contributed by atoms with Gasteiger partial charge < -0.3 is 9.47 Å². The van der Waals surface area contributed by atoms with Gasteiger partial charge in [0.2, 0.25) is 11.6 Å². The molecule has 0 fully saturated rings. The quantitative estimate of drug-likeness (QED) is 0.340. The van der Waals surface area contributed by atoms with E-state index in [1.165, 1.54) is 0 Å². The van der Waals surface area contributed by atoms with Crippen LogP contribution >= 0.6 is 0 Å². The molecule has 11 heteroatoms. The number of hydrogen-bond donors (Lipinski definition) is 0. The van der Waals surface area contributed by atoms with Gasteiger partial charge in [0.1, 0.15) is 13.2 Å². The van der Waals surface area contributed by atoms with Crippen molar-refractivity contribution in [1.82, 2.24) is 0 Å². The number of hydrogen-bond acceptors (Lipinski definition) is 7. The van der Waals surface area contributed by atoms with Gasteiger partial charge in [-0.1, -0.05) is 13.8 Å². The second kappa shape index (κ2) is 9.72. The van der Waals surface area contributed by atoms with E-state index >= 15 is 0 Å². The van der Waals surface area contributed by atoms with E-state index in [1.54, 1.807) is 13.8 Å². The largest absolute Gasteiger partial charge is 0.508 e. The Kier molecular flexibility index (Phi) is 7.34. The van der Waals surface area contributed by atoms with Crippen LogP contribution in [0, 0.1) is 31.9 Å². The number of rotatable bonds is 8. The van der Waals surface area contributed by atoms with Crippen LogP contribution in [0.5, 0.6) is 0 Å². The fourth-order valence-electron chi connectivity index (χ4n) is 2.81. The SMILES string of the molecule is CCc1cc(F)c([N+](=O)[O-])cc1COC(=O)OCc1cc([N+](=O)[O-])c(F)cc1CC. The lowest BCUT2D eigenvalue weighted by atomic mass is 10.0. The van der Waals surface area contributed by atoms with Crippen molar-refractivity contribution in [3.8, 4) is 0 Å². The average molecular weight is 424 g/mol. The second-order valence-corrected chi connectivity index (χ2v) is 6.19. The van der Waals surface area contributed by atoms with Crippen LogP contribution in [-0.4, -0.2) is 16.0 Å². The predicted octanol–water partition coefficient (Wildman–Crippen LogP) is 4.76.